The fraction of sp³-hybridized carbons (Fsp3) is 0.655. The van der Waals surface area contributed by atoms with Gasteiger partial charge in [0.1, 0.15) is 5.75 Å². The van der Waals surface area contributed by atoms with Crippen LogP contribution in [0, 0.1) is 5.41 Å². The molecule has 0 spiro atoms. The molecule has 0 radical (unpaired) electrons. The normalized spacial score (nSPS) is 11.5. The zero-order chi connectivity index (χ0) is 23.8. The van der Waals surface area contributed by atoms with Crippen molar-refractivity contribution in [2.75, 3.05) is 13.2 Å². The monoisotopic (exact) mass is 454 g/mol. The van der Waals surface area contributed by atoms with Gasteiger partial charge >= 0.3 is 0 Å². The van der Waals surface area contributed by atoms with E-state index in [0.29, 0.717) is 11.2 Å². The molecule has 0 amide bonds. The summed E-state index contributed by atoms with van der Waals surface area (Å²) in [7, 11) is 0. The number of aromatic nitrogens is 2. The second-order valence-corrected chi connectivity index (χ2v) is 9.96. The first-order chi connectivity index (χ1) is 16.0. The van der Waals surface area contributed by atoms with Crippen LogP contribution in [0.5, 0.6) is 11.5 Å². The van der Waals surface area contributed by atoms with Crippen molar-refractivity contribution >= 4 is 0 Å². The van der Waals surface area contributed by atoms with Crippen molar-refractivity contribution in [3.63, 3.8) is 0 Å². The molecule has 0 bridgehead atoms. The number of rotatable bonds is 18. The molecular formula is C29H46N2O2. The van der Waals surface area contributed by atoms with E-state index >= 15 is 0 Å². The minimum absolute atomic E-state index is 0.451. The van der Waals surface area contributed by atoms with Crippen molar-refractivity contribution in [3.05, 3.63) is 36.7 Å². The summed E-state index contributed by atoms with van der Waals surface area (Å²) in [6.07, 6.45) is 18.6. The SMILES string of the molecule is CCCCCCCCOc1cnc(-c2ccc(OCCCCC(C)(C)CCCC)cc2)nc1. The van der Waals surface area contributed by atoms with E-state index in [1.54, 1.807) is 12.4 Å². The van der Waals surface area contributed by atoms with Crippen molar-refractivity contribution in [3.8, 4) is 22.9 Å². The third-order valence-electron chi connectivity index (χ3n) is 6.23. The van der Waals surface area contributed by atoms with Gasteiger partial charge in [0, 0.05) is 5.56 Å². The molecule has 2 rings (SSSR count). The van der Waals surface area contributed by atoms with Crippen LogP contribution in [0.25, 0.3) is 11.4 Å². The third-order valence-corrected chi connectivity index (χ3v) is 6.23. The van der Waals surface area contributed by atoms with Gasteiger partial charge < -0.3 is 9.47 Å². The maximum absolute atomic E-state index is 5.94. The molecule has 0 aliphatic heterocycles. The minimum atomic E-state index is 0.451. The Hall–Kier alpha value is -2.10. The lowest BCUT2D eigenvalue weighted by atomic mass is 9.82. The molecule has 0 atom stereocenters. The van der Waals surface area contributed by atoms with E-state index in [1.807, 2.05) is 24.3 Å². The standard InChI is InChI=1S/C29H46N2O2/c1-5-7-9-10-11-13-21-33-27-23-30-28(31-24-27)25-15-17-26(18-16-25)32-22-14-12-20-29(3,4)19-8-6-2/h15-18,23-24H,5-14,19-22H2,1-4H3. The largest absolute Gasteiger partial charge is 0.494 e. The molecule has 4 heteroatoms. The lowest BCUT2D eigenvalue weighted by Gasteiger charge is -2.24. The van der Waals surface area contributed by atoms with Gasteiger partial charge in [-0.25, -0.2) is 9.97 Å². The lowest BCUT2D eigenvalue weighted by Crippen LogP contribution is -2.11. The highest BCUT2D eigenvalue weighted by Gasteiger charge is 2.16. The molecule has 1 aromatic carbocycles. The number of benzene rings is 1. The van der Waals surface area contributed by atoms with Crippen LogP contribution < -0.4 is 9.47 Å². The van der Waals surface area contributed by atoms with Gasteiger partial charge in [0.15, 0.2) is 11.6 Å². The maximum atomic E-state index is 5.94. The second kappa shape index (κ2) is 15.7. The molecule has 0 saturated heterocycles. The second-order valence-electron chi connectivity index (χ2n) is 9.96. The molecule has 1 aromatic heterocycles. The molecule has 0 aliphatic rings. The first-order valence-electron chi connectivity index (χ1n) is 13.2. The molecule has 0 N–H and O–H groups in total. The average molecular weight is 455 g/mol. The van der Waals surface area contributed by atoms with Crippen molar-refractivity contribution in [1.29, 1.82) is 0 Å². The van der Waals surface area contributed by atoms with Crippen LogP contribution >= 0.6 is 0 Å². The van der Waals surface area contributed by atoms with Crippen LogP contribution in [0.2, 0.25) is 0 Å². The van der Waals surface area contributed by atoms with E-state index < -0.39 is 0 Å². The first kappa shape index (κ1) is 27.1. The highest BCUT2D eigenvalue weighted by molar-refractivity contribution is 5.56. The maximum Gasteiger partial charge on any atom is 0.159 e. The highest BCUT2D eigenvalue weighted by Crippen LogP contribution is 2.29. The Labute approximate surface area is 202 Å². The van der Waals surface area contributed by atoms with Crippen molar-refractivity contribution in [2.24, 2.45) is 5.41 Å². The van der Waals surface area contributed by atoms with Crippen LogP contribution in [0.1, 0.15) is 105 Å². The number of ether oxygens (including phenoxy) is 2. The zero-order valence-corrected chi connectivity index (χ0v) is 21.6. The summed E-state index contributed by atoms with van der Waals surface area (Å²) >= 11 is 0. The summed E-state index contributed by atoms with van der Waals surface area (Å²) in [4.78, 5) is 8.94. The van der Waals surface area contributed by atoms with Crippen LogP contribution in [-0.2, 0) is 0 Å². The lowest BCUT2D eigenvalue weighted by molar-refractivity contribution is 0.259. The Morgan fingerprint density at radius 2 is 1.18 bits per heavy atom. The number of hydrogen-bond acceptors (Lipinski definition) is 4. The molecule has 0 fully saturated rings. The Bertz CT molecular complexity index is 741. The van der Waals surface area contributed by atoms with Gasteiger partial charge in [-0.15, -0.1) is 0 Å². The smallest absolute Gasteiger partial charge is 0.159 e. The van der Waals surface area contributed by atoms with Crippen molar-refractivity contribution < 1.29 is 9.47 Å². The van der Waals surface area contributed by atoms with E-state index in [9.17, 15) is 0 Å². The number of nitrogens with zero attached hydrogens (tertiary/aromatic N) is 2. The fourth-order valence-electron chi connectivity index (χ4n) is 3.99. The predicted octanol–water partition coefficient (Wildman–Crippen LogP) is 8.65. The summed E-state index contributed by atoms with van der Waals surface area (Å²) in [6.45, 7) is 10.8. The highest BCUT2D eigenvalue weighted by atomic mass is 16.5. The number of hydrogen-bond donors (Lipinski definition) is 0. The molecule has 0 aliphatic carbocycles. The molecule has 0 unspecified atom stereocenters. The van der Waals surface area contributed by atoms with E-state index in [-0.39, 0.29) is 0 Å². The van der Waals surface area contributed by atoms with Crippen LogP contribution in [0.15, 0.2) is 36.7 Å². The van der Waals surface area contributed by atoms with Gasteiger partial charge in [0.05, 0.1) is 25.6 Å². The predicted molar refractivity (Wildman–Crippen MR) is 139 cm³/mol. The van der Waals surface area contributed by atoms with Gasteiger partial charge in [-0.05, 0) is 61.8 Å². The molecule has 0 saturated carbocycles. The summed E-state index contributed by atoms with van der Waals surface area (Å²) in [5.41, 5.74) is 1.44. The van der Waals surface area contributed by atoms with E-state index in [2.05, 4.69) is 37.7 Å². The van der Waals surface area contributed by atoms with Crippen LogP contribution in [0.3, 0.4) is 0 Å². The molecular weight excluding hydrogens is 408 g/mol. The minimum Gasteiger partial charge on any atom is -0.494 e. The van der Waals surface area contributed by atoms with Gasteiger partial charge in [-0.2, -0.15) is 0 Å². The van der Waals surface area contributed by atoms with Crippen molar-refractivity contribution in [2.45, 2.75) is 105 Å². The van der Waals surface area contributed by atoms with E-state index in [1.165, 1.54) is 64.2 Å². The van der Waals surface area contributed by atoms with Gasteiger partial charge in [0.2, 0.25) is 0 Å². The van der Waals surface area contributed by atoms with E-state index in [4.69, 9.17) is 9.47 Å². The molecule has 184 valence electrons. The van der Waals surface area contributed by atoms with Gasteiger partial charge in [0.25, 0.3) is 0 Å². The van der Waals surface area contributed by atoms with Gasteiger partial charge in [-0.1, -0.05) is 72.6 Å². The summed E-state index contributed by atoms with van der Waals surface area (Å²) < 4.78 is 11.7. The quantitative estimate of drug-likeness (QED) is 0.211. The van der Waals surface area contributed by atoms with Crippen molar-refractivity contribution in [1.82, 2.24) is 9.97 Å². The fourth-order valence-corrected chi connectivity index (χ4v) is 3.99. The summed E-state index contributed by atoms with van der Waals surface area (Å²) in [5, 5.41) is 0. The molecule has 33 heavy (non-hydrogen) atoms. The molecule has 2 aromatic rings. The van der Waals surface area contributed by atoms with Crippen LogP contribution in [0.4, 0.5) is 0 Å². The zero-order valence-electron chi connectivity index (χ0n) is 21.6. The van der Waals surface area contributed by atoms with Gasteiger partial charge in [-0.3, -0.25) is 0 Å². The molecule has 4 nitrogen and oxygen atoms in total. The summed E-state index contributed by atoms with van der Waals surface area (Å²) in [6, 6.07) is 8.06. The summed E-state index contributed by atoms with van der Waals surface area (Å²) in [5.74, 6) is 2.36. The van der Waals surface area contributed by atoms with Crippen LogP contribution in [-0.4, -0.2) is 23.2 Å². The topological polar surface area (TPSA) is 44.2 Å². The number of unbranched alkanes of at least 4 members (excludes halogenated alkanes) is 7. The average Bonchev–Trinajstić information content (AvgIpc) is 2.83. The Kier molecular flexibility index (Phi) is 12.9. The Morgan fingerprint density at radius 1 is 0.636 bits per heavy atom. The van der Waals surface area contributed by atoms with E-state index in [0.717, 1.165) is 43.1 Å². The third kappa shape index (κ3) is 11.5. The Morgan fingerprint density at radius 3 is 1.85 bits per heavy atom. The molecule has 1 heterocycles. The first-order valence-corrected chi connectivity index (χ1v) is 13.2. The Balaban J connectivity index is 1.66.